The van der Waals surface area contributed by atoms with Crippen molar-refractivity contribution in [1.82, 2.24) is 5.32 Å². The predicted octanol–water partition coefficient (Wildman–Crippen LogP) is 2.94. The molecule has 0 amide bonds. The lowest BCUT2D eigenvalue weighted by molar-refractivity contribution is 0.0144. The molecule has 0 saturated carbocycles. The Morgan fingerprint density at radius 3 is 2.82 bits per heavy atom. The van der Waals surface area contributed by atoms with Crippen molar-refractivity contribution in [1.29, 1.82) is 0 Å². The van der Waals surface area contributed by atoms with E-state index in [4.69, 9.17) is 4.74 Å². The smallest absolute Gasteiger partial charge is 0.261 e. The summed E-state index contributed by atoms with van der Waals surface area (Å²) in [5.74, 6) is 0. The van der Waals surface area contributed by atoms with Gasteiger partial charge in [0.05, 0.1) is 0 Å². The van der Waals surface area contributed by atoms with Crippen LogP contribution in [0.5, 0.6) is 0 Å². The molecule has 0 spiro atoms. The maximum atomic E-state index is 11.8. The van der Waals surface area contributed by atoms with Crippen molar-refractivity contribution in [2.24, 2.45) is 0 Å². The van der Waals surface area contributed by atoms with Gasteiger partial charge in [0, 0.05) is 12.6 Å². The van der Waals surface area contributed by atoms with Crippen LogP contribution in [0.3, 0.4) is 0 Å². The summed E-state index contributed by atoms with van der Waals surface area (Å²) >= 11 is 1.70. The number of hydrogen-bond acceptors (Lipinski definition) is 3. The second kappa shape index (κ2) is 8.55. The molecule has 0 fully saturated rings. The van der Waals surface area contributed by atoms with E-state index < -0.39 is 13.0 Å². The lowest BCUT2D eigenvalue weighted by Gasteiger charge is -2.15. The average molecular weight is 263 g/mol. The van der Waals surface area contributed by atoms with Crippen molar-refractivity contribution in [3.05, 3.63) is 22.4 Å². The van der Waals surface area contributed by atoms with Gasteiger partial charge >= 0.3 is 0 Å². The molecule has 1 unspecified atom stereocenters. The minimum absolute atomic E-state index is 0.326. The first kappa shape index (κ1) is 14.5. The molecule has 1 rings (SSSR count). The average Bonchev–Trinajstić information content (AvgIpc) is 2.81. The molecule has 1 aromatic rings. The molecule has 0 aliphatic carbocycles. The second-order valence-electron chi connectivity index (χ2n) is 3.91. The van der Waals surface area contributed by atoms with Crippen LogP contribution in [0.1, 0.15) is 18.4 Å². The largest absolute Gasteiger partial charge is 0.375 e. The SMILES string of the molecule is CNC(CCOCC(F)F)CCc1ccsc1. The van der Waals surface area contributed by atoms with Crippen LogP contribution in [0.2, 0.25) is 0 Å². The molecule has 1 aromatic heterocycles. The predicted molar refractivity (Wildman–Crippen MR) is 66.9 cm³/mol. The van der Waals surface area contributed by atoms with Crippen molar-refractivity contribution in [2.45, 2.75) is 31.7 Å². The van der Waals surface area contributed by atoms with E-state index in [0.717, 1.165) is 19.3 Å². The molecule has 0 saturated heterocycles. The summed E-state index contributed by atoms with van der Waals surface area (Å²) < 4.78 is 28.5. The van der Waals surface area contributed by atoms with Gasteiger partial charge < -0.3 is 10.1 Å². The van der Waals surface area contributed by atoms with E-state index in [1.165, 1.54) is 5.56 Å². The van der Waals surface area contributed by atoms with E-state index in [1.54, 1.807) is 11.3 Å². The van der Waals surface area contributed by atoms with E-state index in [9.17, 15) is 8.78 Å². The van der Waals surface area contributed by atoms with Crippen LogP contribution in [0, 0.1) is 0 Å². The number of thiophene rings is 1. The van der Waals surface area contributed by atoms with Crippen LogP contribution < -0.4 is 5.32 Å². The third-order valence-electron chi connectivity index (χ3n) is 2.62. The molecular formula is C12H19F2NOS. The van der Waals surface area contributed by atoms with Gasteiger partial charge in [0.15, 0.2) is 0 Å². The van der Waals surface area contributed by atoms with Gasteiger partial charge in [-0.2, -0.15) is 11.3 Å². The van der Waals surface area contributed by atoms with E-state index in [0.29, 0.717) is 12.6 Å². The van der Waals surface area contributed by atoms with Gasteiger partial charge in [-0.3, -0.25) is 0 Å². The zero-order chi connectivity index (χ0) is 12.5. The number of alkyl halides is 2. The lowest BCUT2D eigenvalue weighted by Crippen LogP contribution is -2.27. The van der Waals surface area contributed by atoms with Crippen LogP contribution in [0.15, 0.2) is 16.8 Å². The molecule has 98 valence electrons. The summed E-state index contributed by atoms with van der Waals surface area (Å²) in [5.41, 5.74) is 1.34. The first-order valence-corrected chi connectivity index (χ1v) is 6.71. The molecule has 0 bridgehead atoms. The molecule has 2 nitrogen and oxygen atoms in total. The Balaban J connectivity index is 2.11. The number of ether oxygens (including phenoxy) is 1. The van der Waals surface area contributed by atoms with Crippen molar-refractivity contribution in [3.63, 3.8) is 0 Å². The highest BCUT2D eigenvalue weighted by molar-refractivity contribution is 7.07. The number of nitrogens with one attached hydrogen (secondary N) is 1. The fraction of sp³-hybridized carbons (Fsp3) is 0.667. The Kier molecular flexibility index (Phi) is 7.32. The Labute approximate surface area is 105 Å². The number of rotatable bonds is 9. The summed E-state index contributed by atoms with van der Waals surface area (Å²) in [4.78, 5) is 0. The summed E-state index contributed by atoms with van der Waals surface area (Å²) in [6.07, 6.45) is 0.427. The first-order valence-electron chi connectivity index (χ1n) is 5.76. The van der Waals surface area contributed by atoms with Crippen LogP contribution in [0.25, 0.3) is 0 Å². The van der Waals surface area contributed by atoms with E-state index in [-0.39, 0.29) is 0 Å². The summed E-state index contributed by atoms with van der Waals surface area (Å²) in [6, 6.07) is 2.44. The van der Waals surface area contributed by atoms with Gasteiger partial charge in [-0.05, 0) is 48.7 Å². The van der Waals surface area contributed by atoms with Gasteiger partial charge in [-0.15, -0.1) is 0 Å². The minimum atomic E-state index is -2.37. The molecule has 17 heavy (non-hydrogen) atoms. The van der Waals surface area contributed by atoms with Crippen molar-refractivity contribution < 1.29 is 13.5 Å². The van der Waals surface area contributed by atoms with Crippen LogP contribution >= 0.6 is 11.3 Å². The number of halogens is 2. The minimum Gasteiger partial charge on any atom is -0.375 e. The summed E-state index contributed by atoms with van der Waals surface area (Å²) in [7, 11) is 1.89. The lowest BCUT2D eigenvalue weighted by atomic mass is 10.1. The van der Waals surface area contributed by atoms with Crippen molar-refractivity contribution in [2.75, 3.05) is 20.3 Å². The topological polar surface area (TPSA) is 21.3 Å². The fourth-order valence-corrected chi connectivity index (χ4v) is 2.31. The monoisotopic (exact) mass is 263 g/mol. The normalized spacial score (nSPS) is 13.2. The third kappa shape index (κ3) is 6.71. The zero-order valence-corrected chi connectivity index (χ0v) is 10.8. The number of aryl methyl sites for hydroxylation is 1. The Hall–Kier alpha value is -0.520. The van der Waals surface area contributed by atoms with Crippen molar-refractivity contribution in [3.8, 4) is 0 Å². The molecule has 1 N–H and O–H groups in total. The van der Waals surface area contributed by atoms with Crippen LogP contribution in [-0.4, -0.2) is 32.7 Å². The Bertz CT molecular complexity index is 280. The molecular weight excluding hydrogens is 244 g/mol. The highest BCUT2D eigenvalue weighted by atomic mass is 32.1. The highest BCUT2D eigenvalue weighted by Crippen LogP contribution is 2.11. The van der Waals surface area contributed by atoms with Gasteiger partial charge in [0.2, 0.25) is 0 Å². The van der Waals surface area contributed by atoms with E-state index in [2.05, 4.69) is 22.1 Å². The van der Waals surface area contributed by atoms with Crippen LogP contribution in [-0.2, 0) is 11.2 Å². The fourth-order valence-electron chi connectivity index (χ4n) is 1.61. The van der Waals surface area contributed by atoms with Crippen LogP contribution in [0.4, 0.5) is 8.78 Å². The molecule has 5 heteroatoms. The van der Waals surface area contributed by atoms with Crippen molar-refractivity contribution >= 4 is 11.3 Å². The standard InChI is InChI=1S/C12H19F2NOS/c1-15-11(4-6-16-8-12(13)14)3-2-10-5-7-17-9-10/h5,7,9,11-12,15H,2-4,6,8H2,1H3. The molecule has 0 aliphatic heterocycles. The van der Waals surface area contributed by atoms with Gasteiger partial charge in [-0.1, -0.05) is 0 Å². The molecule has 0 radical (unpaired) electrons. The Morgan fingerprint density at radius 1 is 1.41 bits per heavy atom. The summed E-state index contributed by atoms with van der Waals surface area (Å²) in [6.45, 7) is -0.0690. The van der Waals surface area contributed by atoms with Gasteiger partial charge in [-0.25, -0.2) is 8.78 Å². The maximum Gasteiger partial charge on any atom is 0.261 e. The summed E-state index contributed by atoms with van der Waals surface area (Å²) in [5, 5.41) is 7.39. The quantitative estimate of drug-likeness (QED) is 0.692. The van der Waals surface area contributed by atoms with E-state index in [1.807, 2.05) is 7.05 Å². The molecule has 1 atom stereocenters. The van der Waals surface area contributed by atoms with Gasteiger partial charge in [0.25, 0.3) is 6.43 Å². The molecule has 0 aliphatic rings. The second-order valence-corrected chi connectivity index (χ2v) is 4.69. The number of hydrogen-bond donors (Lipinski definition) is 1. The molecule has 0 aromatic carbocycles. The zero-order valence-electron chi connectivity index (χ0n) is 9.99. The van der Waals surface area contributed by atoms with Gasteiger partial charge in [0.1, 0.15) is 6.61 Å². The first-order chi connectivity index (χ1) is 8.22. The van der Waals surface area contributed by atoms with E-state index >= 15 is 0 Å². The molecule has 1 heterocycles. The third-order valence-corrected chi connectivity index (χ3v) is 3.36. The maximum absolute atomic E-state index is 11.8. The highest BCUT2D eigenvalue weighted by Gasteiger charge is 2.08. The Morgan fingerprint density at radius 2 is 2.24 bits per heavy atom.